The summed E-state index contributed by atoms with van der Waals surface area (Å²) in [4.78, 5) is 0. The van der Waals surface area contributed by atoms with E-state index >= 15 is 0 Å². The van der Waals surface area contributed by atoms with Gasteiger partial charge in [0.25, 0.3) is 0 Å². The van der Waals surface area contributed by atoms with E-state index in [-0.39, 0.29) is 62.3 Å². The first kappa shape index (κ1) is 23.6. The van der Waals surface area contributed by atoms with Gasteiger partial charge in [-0.15, -0.1) is 11.2 Å². The van der Waals surface area contributed by atoms with Crippen molar-refractivity contribution in [1.29, 1.82) is 0 Å². The van der Waals surface area contributed by atoms with Crippen molar-refractivity contribution in [2.24, 2.45) is 5.41 Å². The van der Waals surface area contributed by atoms with Gasteiger partial charge in [-0.25, -0.2) is 0 Å². The Hall–Kier alpha value is -0.424. The minimum atomic E-state index is -0.125. The molecule has 0 spiro atoms. The van der Waals surface area contributed by atoms with Gasteiger partial charge in [-0.2, -0.15) is 0 Å². The molecule has 0 fully saturated rings. The normalized spacial score (nSPS) is 11.5. The first-order valence-corrected chi connectivity index (χ1v) is 8.87. The first-order chi connectivity index (χ1) is 11.8. The molecule has 0 atom stereocenters. The molecule has 2 rings (SSSR count). The van der Waals surface area contributed by atoms with Gasteiger partial charge in [0.2, 0.25) is 0 Å². The van der Waals surface area contributed by atoms with Crippen LogP contribution < -0.4 is 51.4 Å². The van der Waals surface area contributed by atoms with E-state index in [1.54, 1.807) is 0 Å². The summed E-state index contributed by atoms with van der Waals surface area (Å²) < 4.78 is 5.99. The monoisotopic (exact) mass is 375 g/mol. The van der Waals surface area contributed by atoms with Crippen LogP contribution in [0.4, 0.5) is 5.69 Å². The zero-order chi connectivity index (χ0) is 18.3. The number of benzene rings is 2. The van der Waals surface area contributed by atoms with E-state index in [0.717, 1.165) is 17.7 Å². The Morgan fingerprint density at radius 1 is 0.962 bits per heavy atom. The maximum Gasteiger partial charge on any atom is 1.00 e. The van der Waals surface area contributed by atoms with E-state index in [0.29, 0.717) is 13.2 Å². The largest absolute Gasteiger partial charge is 1.00 e. The molecular formula is C23H30KNO. The zero-order valence-electron chi connectivity index (χ0n) is 17.0. The van der Waals surface area contributed by atoms with Gasteiger partial charge in [-0.1, -0.05) is 101 Å². The fraction of sp³-hybridized carbons (Fsp3) is 0.391. The molecule has 3 heteroatoms. The van der Waals surface area contributed by atoms with Crippen molar-refractivity contribution in [2.45, 2.75) is 46.3 Å². The number of ether oxygens (including phenoxy) is 1. The first-order valence-electron chi connectivity index (χ1n) is 8.87. The molecule has 0 aliphatic rings. The summed E-state index contributed by atoms with van der Waals surface area (Å²) in [7, 11) is 0. The van der Waals surface area contributed by atoms with Gasteiger partial charge in [0, 0.05) is 0 Å². The Bertz CT molecular complexity index is 662. The van der Waals surface area contributed by atoms with Crippen molar-refractivity contribution < 1.29 is 56.1 Å². The minimum absolute atomic E-state index is 0. The molecule has 0 aliphatic carbocycles. The van der Waals surface area contributed by atoms with Gasteiger partial charge < -0.3 is 10.1 Å². The van der Waals surface area contributed by atoms with Crippen LogP contribution in [0.25, 0.3) is 11.4 Å². The average Bonchev–Trinajstić information content (AvgIpc) is 2.54. The van der Waals surface area contributed by atoms with E-state index < -0.39 is 0 Å². The molecule has 0 amide bonds. The SMILES string of the molecule is C=Cc1ccc(COCC(C)(C)CC(C)(C)[N-]c2ccccc2)cc1.[K+]. The summed E-state index contributed by atoms with van der Waals surface area (Å²) in [6, 6.07) is 18.5. The van der Waals surface area contributed by atoms with Crippen LogP contribution in [0.3, 0.4) is 0 Å². The predicted octanol–water partition coefficient (Wildman–Crippen LogP) is 3.75. The third-order valence-corrected chi connectivity index (χ3v) is 4.08. The zero-order valence-corrected chi connectivity index (χ0v) is 20.1. The van der Waals surface area contributed by atoms with Crippen molar-refractivity contribution in [3.05, 3.63) is 77.6 Å². The quantitative estimate of drug-likeness (QED) is 0.612. The summed E-state index contributed by atoms with van der Waals surface area (Å²) >= 11 is 0. The molecule has 0 N–H and O–H groups in total. The molecule has 0 unspecified atom stereocenters. The van der Waals surface area contributed by atoms with Crippen LogP contribution in [0.2, 0.25) is 0 Å². The molecule has 0 radical (unpaired) electrons. The van der Waals surface area contributed by atoms with E-state index in [9.17, 15) is 0 Å². The van der Waals surface area contributed by atoms with Gasteiger partial charge in [-0.3, -0.25) is 0 Å². The predicted molar refractivity (Wildman–Crippen MR) is 108 cm³/mol. The number of rotatable bonds is 9. The van der Waals surface area contributed by atoms with Crippen LogP contribution in [0.1, 0.15) is 45.2 Å². The Kier molecular flexibility index (Phi) is 9.80. The van der Waals surface area contributed by atoms with Crippen LogP contribution in [-0.4, -0.2) is 12.1 Å². The van der Waals surface area contributed by atoms with Crippen LogP contribution in [0, 0.1) is 5.41 Å². The standard InChI is InChI=1S/C23H30NO.K/c1-6-19-12-14-20(15-13-19)16-25-18-22(2,3)17-23(4,5)24-21-10-8-7-9-11-21;/h6-15H,1,16-18H2,2-5H3;/q-1;+1. The molecule has 0 saturated heterocycles. The second-order valence-corrected chi connectivity index (χ2v) is 8.04. The maximum absolute atomic E-state index is 5.99. The summed E-state index contributed by atoms with van der Waals surface area (Å²) in [5, 5.41) is 4.90. The number of nitrogens with zero attached hydrogens (tertiary/aromatic N) is 1. The van der Waals surface area contributed by atoms with E-state index in [1.807, 2.05) is 24.3 Å². The van der Waals surface area contributed by atoms with Crippen LogP contribution in [0.15, 0.2) is 61.2 Å². The van der Waals surface area contributed by atoms with Crippen LogP contribution in [0.5, 0.6) is 0 Å². The molecule has 0 saturated carbocycles. The molecule has 2 nitrogen and oxygen atoms in total. The van der Waals surface area contributed by atoms with Gasteiger partial charge in [0.15, 0.2) is 0 Å². The molecule has 2 aromatic rings. The average molecular weight is 376 g/mol. The Balaban J connectivity index is 0.00000338. The second kappa shape index (κ2) is 10.8. The molecule has 0 aliphatic heterocycles. The molecular weight excluding hydrogens is 345 g/mol. The topological polar surface area (TPSA) is 23.3 Å². The van der Waals surface area contributed by atoms with Crippen molar-refractivity contribution in [2.75, 3.05) is 6.61 Å². The third kappa shape index (κ3) is 8.51. The molecule has 134 valence electrons. The number of hydrogen-bond acceptors (Lipinski definition) is 1. The van der Waals surface area contributed by atoms with Crippen molar-refractivity contribution in [3.63, 3.8) is 0 Å². The van der Waals surface area contributed by atoms with E-state index in [1.165, 1.54) is 5.56 Å². The molecule has 0 bridgehead atoms. The summed E-state index contributed by atoms with van der Waals surface area (Å²) in [5.41, 5.74) is 3.29. The van der Waals surface area contributed by atoms with Crippen molar-refractivity contribution >= 4 is 11.8 Å². The molecule has 0 aromatic heterocycles. The molecule has 0 heterocycles. The molecule has 2 aromatic carbocycles. The van der Waals surface area contributed by atoms with Gasteiger partial charge in [0.05, 0.1) is 13.2 Å². The minimum Gasteiger partial charge on any atom is -0.679 e. The third-order valence-electron chi connectivity index (χ3n) is 4.08. The Morgan fingerprint density at radius 2 is 1.58 bits per heavy atom. The van der Waals surface area contributed by atoms with Crippen molar-refractivity contribution in [1.82, 2.24) is 0 Å². The van der Waals surface area contributed by atoms with Crippen molar-refractivity contribution in [3.8, 4) is 0 Å². The summed E-state index contributed by atoms with van der Waals surface area (Å²) in [6.07, 6.45) is 2.82. The fourth-order valence-electron chi connectivity index (χ4n) is 3.31. The van der Waals surface area contributed by atoms with Gasteiger partial charge in [-0.05, 0) is 16.5 Å². The summed E-state index contributed by atoms with van der Waals surface area (Å²) in [5.74, 6) is 0. The Labute approximate surface area is 201 Å². The summed E-state index contributed by atoms with van der Waals surface area (Å²) in [6.45, 7) is 14.0. The van der Waals surface area contributed by atoms with Gasteiger partial charge >= 0.3 is 51.4 Å². The van der Waals surface area contributed by atoms with Crippen LogP contribution >= 0.6 is 0 Å². The van der Waals surface area contributed by atoms with Crippen LogP contribution in [-0.2, 0) is 11.3 Å². The maximum atomic E-state index is 5.99. The van der Waals surface area contributed by atoms with E-state index in [2.05, 4.69) is 70.7 Å². The van der Waals surface area contributed by atoms with Gasteiger partial charge in [0.1, 0.15) is 0 Å². The number of para-hydroxylation sites is 1. The fourth-order valence-corrected chi connectivity index (χ4v) is 3.31. The second-order valence-electron chi connectivity index (χ2n) is 8.04. The molecule has 26 heavy (non-hydrogen) atoms. The number of hydrogen-bond donors (Lipinski definition) is 0. The van der Waals surface area contributed by atoms with E-state index in [4.69, 9.17) is 10.1 Å². The smallest absolute Gasteiger partial charge is 0.679 e. The Morgan fingerprint density at radius 3 is 2.15 bits per heavy atom.